The fourth-order valence-corrected chi connectivity index (χ4v) is 3.97. The second-order valence-electron chi connectivity index (χ2n) is 5.32. The highest BCUT2D eigenvalue weighted by Crippen LogP contribution is 2.56. The van der Waals surface area contributed by atoms with Crippen LogP contribution in [0.2, 0.25) is 0 Å². The van der Waals surface area contributed by atoms with Crippen molar-refractivity contribution in [2.45, 2.75) is 32.1 Å². The molecule has 15 heavy (non-hydrogen) atoms. The lowest BCUT2D eigenvalue weighted by Crippen LogP contribution is -2.23. The summed E-state index contributed by atoms with van der Waals surface area (Å²) >= 11 is 0. The van der Waals surface area contributed by atoms with Gasteiger partial charge in [0.1, 0.15) is 0 Å². The van der Waals surface area contributed by atoms with E-state index in [1.54, 1.807) is 0 Å². The van der Waals surface area contributed by atoms with Crippen LogP contribution in [0.1, 0.15) is 32.1 Å². The fourth-order valence-electron chi connectivity index (χ4n) is 3.97. The number of carbonyl (C=O) groups is 1. The molecule has 0 radical (unpaired) electrons. The molecule has 0 heterocycles. The van der Waals surface area contributed by atoms with Crippen LogP contribution in [0.4, 0.5) is 0 Å². The van der Waals surface area contributed by atoms with Crippen LogP contribution in [0, 0.1) is 23.7 Å². The summed E-state index contributed by atoms with van der Waals surface area (Å²) in [4.78, 5) is 12.1. The minimum atomic E-state index is 0.201. The molecule has 3 aliphatic carbocycles. The fraction of sp³-hybridized carbons (Fsp3) is 0.769. The van der Waals surface area contributed by atoms with E-state index in [0.717, 1.165) is 24.3 Å². The maximum absolute atomic E-state index is 12.1. The Balaban J connectivity index is 1.78. The lowest BCUT2D eigenvalue weighted by atomic mass is 9.81. The van der Waals surface area contributed by atoms with Gasteiger partial charge in [-0.1, -0.05) is 6.08 Å². The van der Waals surface area contributed by atoms with Gasteiger partial charge in [0.15, 0.2) is 5.78 Å². The third-order valence-electron chi connectivity index (χ3n) is 4.60. The van der Waals surface area contributed by atoms with Gasteiger partial charge in [-0.25, -0.2) is 0 Å². The van der Waals surface area contributed by atoms with Crippen LogP contribution in [0.3, 0.4) is 0 Å². The van der Waals surface area contributed by atoms with Gasteiger partial charge in [0, 0.05) is 12.5 Å². The number of hydrogen-bond donors (Lipinski definition) is 1. The Morgan fingerprint density at radius 3 is 2.87 bits per heavy atom. The highest BCUT2D eigenvalue weighted by molar-refractivity contribution is 6.00. The molecule has 1 N–H and O–H groups in total. The van der Waals surface area contributed by atoms with Gasteiger partial charge in [-0.3, -0.25) is 4.79 Å². The molecule has 3 rings (SSSR count). The Bertz CT molecular complexity index is 318. The minimum Gasteiger partial charge on any atom is -0.396 e. The predicted octanol–water partition coefficient (Wildman–Crippen LogP) is 1.93. The van der Waals surface area contributed by atoms with Crippen LogP contribution in [-0.4, -0.2) is 17.5 Å². The summed E-state index contributed by atoms with van der Waals surface area (Å²) in [6, 6.07) is 0. The van der Waals surface area contributed by atoms with Gasteiger partial charge >= 0.3 is 0 Å². The van der Waals surface area contributed by atoms with E-state index in [0.29, 0.717) is 23.5 Å². The van der Waals surface area contributed by atoms with Crippen LogP contribution in [0.5, 0.6) is 0 Å². The zero-order valence-corrected chi connectivity index (χ0v) is 8.98. The van der Waals surface area contributed by atoms with E-state index in [1.165, 1.54) is 19.3 Å². The van der Waals surface area contributed by atoms with E-state index >= 15 is 0 Å². The van der Waals surface area contributed by atoms with Crippen molar-refractivity contribution in [1.82, 2.24) is 0 Å². The number of aliphatic hydroxyl groups is 1. The Hall–Kier alpha value is -0.630. The second-order valence-corrected chi connectivity index (χ2v) is 5.32. The molecule has 4 unspecified atom stereocenters. The molecule has 3 aliphatic rings. The first kappa shape index (κ1) is 9.59. The summed E-state index contributed by atoms with van der Waals surface area (Å²) < 4.78 is 0. The maximum atomic E-state index is 12.1. The van der Waals surface area contributed by atoms with E-state index in [2.05, 4.69) is 6.08 Å². The second kappa shape index (κ2) is 3.44. The minimum absolute atomic E-state index is 0.201. The Labute approximate surface area is 90.4 Å². The van der Waals surface area contributed by atoms with Crippen molar-refractivity contribution in [3.63, 3.8) is 0 Å². The van der Waals surface area contributed by atoms with Crippen LogP contribution < -0.4 is 0 Å². The number of aliphatic hydroxyl groups excluding tert-OH is 1. The summed E-state index contributed by atoms with van der Waals surface area (Å²) in [6.45, 7) is 0.201. The Kier molecular flexibility index (Phi) is 2.20. The summed E-state index contributed by atoms with van der Waals surface area (Å²) in [5.74, 6) is 2.83. The van der Waals surface area contributed by atoms with Crippen molar-refractivity contribution in [2.75, 3.05) is 6.61 Å². The van der Waals surface area contributed by atoms with Crippen molar-refractivity contribution < 1.29 is 9.90 Å². The molecular formula is C13H18O2. The van der Waals surface area contributed by atoms with Crippen LogP contribution in [0.15, 0.2) is 11.6 Å². The van der Waals surface area contributed by atoms with Gasteiger partial charge in [0.2, 0.25) is 0 Å². The summed E-state index contributed by atoms with van der Waals surface area (Å²) in [5.41, 5.74) is 1.02. The largest absolute Gasteiger partial charge is 0.396 e. The average molecular weight is 206 g/mol. The zero-order chi connectivity index (χ0) is 10.4. The molecule has 0 saturated heterocycles. The molecule has 0 aromatic rings. The number of fused-ring (bicyclic) bond motifs is 5. The number of allylic oxidation sites excluding steroid dienone is 2. The van der Waals surface area contributed by atoms with E-state index < -0.39 is 0 Å². The van der Waals surface area contributed by atoms with Gasteiger partial charge in [0.25, 0.3) is 0 Å². The van der Waals surface area contributed by atoms with Crippen molar-refractivity contribution in [3.05, 3.63) is 11.6 Å². The number of rotatable bonds is 3. The lowest BCUT2D eigenvalue weighted by Gasteiger charge is -2.22. The van der Waals surface area contributed by atoms with Crippen LogP contribution in [-0.2, 0) is 4.79 Å². The average Bonchev–Trinajstić information content (AvgIpc) is 2.88. The van der Waals surface area contributed by atoms with Crippen molar-refractivity contribution in [2.24, 2.45) is 23.7 Å². The quantitative estimate of drug-likeness (QED) is 0.766. The van der Waals surface area contributed by atoms with Gasteiger partial charge in [0.05, 0.1) is 0 Å². The Morgan fingerprint density at radius 2 is 2.13 bits per heavy atom. The number of ketones is 1. The standard InChI is InChI=1S/C13H18O2/c14-5-1-2-10-7-11-8-3-4-9(6-8)12(11)13(10)15/h7-9,11-12,14H,1-6H2. The van der Waals surface area contributed by atoms with Gasteiger partial charge < -0.3 is 5.11 Å². The molecule has 0 spiro atoms. The highest BCUT2D eigenvalue weighted by atomic mass is 16.2. The number of Topliss-reactive ketones (excluding diaryl/α,β-unsaturated/α-hetero) is 1. The topological polar surface area (TPSA) is 37.3 Å². The van der Waals surface area contributed by atoms with E-state index in [-0.39, 0.29) is 6.61 Å². The monoisotopic (exact) mass is 206 g/mol. The molecule has 0 aromatic carbocycles. The normalized spacial score (nSPS) is 42.2. The molecule has 2 nitrogen and oxygen atoms in total. The molecule has 2 bridgehead atoms. The maximum Gasteiger partial charge on any atom is 0.162 e. The number of hydrogen-bond acceptors (Lipinski definition) is 2. The first-order valence-electron chi connectivity index (χ1n) is 6.17. The summed E-state index contributed by atoms with van der Waals surface area (Å²) in [6.07, 6.45) is 7.69. The first-order valence-corrected chi connectivity index (χ1v) is 6.17. The third-order valence-corrected chi connectivity index (χ3v) is 4.60. The summed E-state index contributed by atoms with van der Waals surface area (Å²) in [5, 5.41) is 8.79. The Morgan fingerprint density at radius 1 is 1.33 bits per heavy atom. The highest BCUT2D eigenvalue weighted by Gasteiger charge is 2.52. The molecule has 2 saturated carbocycles. The molecule has 0 amide bonds. The molecular weight excluding hydrogens is 188 g/mol. The molecule has 2 heteroatoms. The molecule has 2 fully saturated rings. The van der Waals surface area contributed by atoms with Crippen LogP contribution >= 0.6 is 0 Å². The zero-order valence-electron chi connectivity index (χ0n) is 8.98. The van der Waals surface area contributed by atoms with Crippen molar-refractivity contribution >= 4 is 5.78 Å². The predicted molar refractivity (Wildman–Crippen MR) is 57.2 cm³/mol. The van der Waals surface area contributed by atoms with Crippen LogP contribution in [0.25, 0.3) is 0 Å². The molecule has 4 atom stereocenters. The number of carbonyl (C=O) groups excluding carboxylic acids is 1. The summed E-state index contributed by atoms with van der Waals surface area (Å²) in [7, 11) is 0. The smallest absolute Gasteiger partial charge is 0.162 e. The van der Waals surface area contributed by atoms with Crippen molar-refractivity contribution in [1.29, 1.82) is 0 Å². The molecule has 0 aromatic heterocycles. The van der Waals surface area contributed by atoms with E-state index in [9.17, 15) is 4.79 Å². The first-order chi connectivity index (χ1) is 7.31. The van der Waals surface area contributed by atoms with Gasteiger partial charge in [-0.05, 0) is 55.4 Å². The van der Waals surface area contributed by atoms with Gasteiger partial charge in [-0.15, -0.1) is 0 Å². The van der Waals surface area contributed by atoms with E-state index in [1.807, 2.05) is 0 Å². The lowest BCUT2D eigenvalue weighted by molar-refractivity contribution is -0.120. The molecule has 82 valence electrons. The molecule has 0 aliphatic heterocycles. The SMILES string of the molecule is O=C1C(CCCO)=CC2C3CCC(C3)C12. The van der Waals surface area contributed by atoms with Crippen molar-refractivity contribution in [3.8, 4) is 0 Å². The van der Waals surface area contributed by atoms with E-state index in [4.69, 9.17) is 5.11 Å². The third kappa shape index (κ3) is 1.31. The van der Waals surface area contributed by atoms with Gasteiger partial charge in [-0.2, -0.15) is 0 Å².